The molecule has 3 aromatic carbocycles. The first-order chi connectivity index (χ1) is 17.9. The summed E-state index contributed by atoms with van der Waals surface area (Å²) in [5, 5.41) is 9.99. The van der Waals surface area contributed by atoms with E-state index in [-0.39, 0.29) is 36.5 Å². The molecule has 0 radical (unpaired) electrons. The minimum Gasteiger partial charge on any atom is -0.394 e. The van der Waals surface area contributed by atoms with Gasteiger partial charge in [-0.3, -0.25) is 9.59 Å². The van der Waals surface area contributed by atoms with Crippen LogP contribution in [0.15, 0.2) is 78.9 Å². The number of benzene rings is 3. The van der Waals surface area contributed by atoms with Crippen LogP contribution in [0.3, 0.4) is 0 Å². The SMILES string of the molecule is C[C@H]1CN([C@@H](C)CO)C(=O)c2ccccc2-c2ccccc2CO[C@@H]1CN(C)C(=O)Cc1ccccc1. The molecule has 2 amide bonds. The van der Waals surface area contributed by atoms with Gasteiger partial charge in [-0.2, -0.15) is 0 Å². The number of likely N-dealkylation sites (N-methyl/N-ethyl adjacent to an activating group) is 1. The van der Waals surface area contributed by atoms with E-state index in [1.807, 2.05) is 92.7 Å². The van der Waals surface area contributed by atoms with Crippen molar-refractivity contribution in [1.82, 2.24) is 9.80 Å². The van der Waals surface area contributed by atoms with Crippen molar-refractivity contribution < 1.29 is 19.4 Å². The molecule has 0 aromatic heterocycles. The number of fused-ring (bicyclic) bond motifs is 3. The van der Waals surface area contributed by atoms with Gasteiger partial charge >= 0.3 is 0 Å². The van der Waals surface area contributed by atoms with Crippen LogP contribution in [-0.2, 0) is 22.6 Å². The lowest BCUT2D eigenvalue weighted by atomic mass is 9.94. The highest BCUT2D eigenvalue weighted by Crippen LogP contribution is 2.31. The van der Waals surface area contributed by atoms with Gasteiger partial charge in [-0.15, -0.1) is 0 Å². The van der Waals surface area contributed by atoms with Gasteiger partial charge in [0.05, 0.1) is 31.8 Å². The molecule has 0 unspecified atom stereocenters. The van der Waals surface area contributed by atoms with Crippen molar-refractivity contribution in [3.8, 4) is 11.1 Å². The summed E-state index contributed by atoms with van der Waals surface area (Å²) in [4.78, 5) is 30.3. The van der Waals surface area contributed by atoms with E-state index < -0.39 is 0 Å². The summed E-state index contributed by atoms with van der Waals surface area (Å²) in [6.45, 7) is 4.92. The van der Waals surface area contributed by atoms with Crippen molar-refractivity contribution in [3.05, 3.63) is 95.6 Å². The average molecular weight is 501 g/mol. The van der Waals surface area contributed by atoms with E-state index in [0.717, 1.165) is 22.3 Å². The molecule has 4 rings (SSSR count). The van der Waals surface area contributed by atoms with Gasteiger partial charge in [0, 0.05) is 31.6 Å². The van der Waals surface area contributed by atoms with Crippen molar-refractivity contribution >= 4 is 11.8 Å². The minimum absolute atomic E-state index is 0.0146. The van der Waals surface area contributed by atoms with Gasteiger partial charge in [-0.1, -0.05) is 79.7 Å². The van der Waals surface area contributed by atoms with Gasteiger partial charge in [-0.25, -0.2) is 0 Å². The molecule has 1 N–H and O–H groups in total. The molecule has 0 aliphatic carbocycles. The van der Waals surface area contributed by atoms with Crippen LogP contribution in [-0.4, -0.2) is 65.6 Å². The second kappa shape index (κ2) is 12.2. The Morgan fingerprint density at radius 2 is 1.62 bits per heavy atom. The molecule has 6 nitrogen and oxygen atoms in total. The van der Waals surface area contributed by atoms with Gasteiger partial charge in [-0.05, 0) is 35.2 Å². The highest BCUT2D eigenvalue weighted by molar-refractivity contribution is 6.01. The number of aliphatic hydroxyl groups is 1. The number of hydrogen-bond acceptors (Lipinski definition) is 4. The second-order valence-corrected chi connectivity index (χ2v) is 9.96. The summed E-state index contributed by atoms with van der Waals surface area (Å²) in [7, 11) is 1.80. The van der Waals surface area contributed by atoms with Crippen LogP contribution in [0.2, 0.25) is 0 Å². The van der Waals surface area contributed by atoms with Crippen LogP contribution in [0.25, 0.3) is 11.1 Å². The third kappa shape index (κ3) is 6.27. The zero-order valence-electron chi connectivity index (χ0n) is 21.8. The normalized spacial score (nSPS) is 18.8. The van der Waals surface area contributed by atoms with Crippen LogP contribution in [0.1, 0.15) is 35.3 Å². The van der Waals surface area contributed by atoms with E-state index in [2.05, 4.69) is 0 Å². The van der Waals surface area contributed by atoms with Crippen LogP contribution in [0.4, 0.5) is 0 Å². The van der Waals surface area contributed by atoms with E-state index in [9.17, 15) is 14.7 Å². The summed E-state index contributed by atoms with van der Waals surface area (Å²) < 4.78 is 6.50. The van der Waals surface area contributed by atoms with Crippen molar-refractivity contribution in [2.45, 2.75) is 39.0 Å². The molecule has 37 heavy (non-hydrogen) atoms. The van der Waals surface area contributed by atoms with Gasteiger partial charge in [0.15, 0.2) is 0 Å². The Kier molecular flexibility index (Phi) is 8.74. The van der Waals surface area contributed by atoms with E-state index in [0.29, 0.717) is 31.7 Å². The summed E-state index contributed by atoms with van der Waals surface area (Å²) in [6, 6.07) is 24.9. The summed E-state index contributed by atoms with van der Waals surface area (Å²) in [5.74, 6) is -0.184. The number of ether oxygens (including phenoxy) is 1. The predicted octanol–water partition coefficient (Wildman–Crippen LogP) is 4.41. The van der Waals surface area contributed by atoms with E-state index in [1.54, 1.807) is 16.8 Å². The molecule has 194 valence electrons. The van der Waals surface area contributed by atoms with Crippen LogP contribution >= 0.6 is 0 Å². The predicted molar refractivity (Wildman–Crippen MR) is 145 cm³/mol. The standard InChI is InChI=1S/C31H36N2O4/c1-22-18-33(23(2)20-34)31(36)28-16-10-9-15-27(28)26-14-8-7-13-25(26)21-37-29(22)19-32(3)30(35)17-24-11-5-4-6-12-24/h4-16,22-23,29,34H,17-21H2,1-3H3/t22-,23-,29+/m0/s1. The van der Waals surface area contributed by atoms with Gasteiger partial charge in [0.1, 0.15) is 0 Å². The van der Waals surface area contributed by atoms with Gasteiger partial charge in [0.25, 0.3) is 5.91 Å². The molecule has 1 heterocycles. The molecule has 0 fully saturated rings. The molecule has 6 heteroatoms. The lowest BCUT2D eigenvalue weighted by Gasteiger charge is -2.35. The van der Waals surface area contributed by atoms with Crippen molar-refractivity contribution in [2.24, 2.45) is 5.92 Å². The van der Waals surface area contributed by atoms with Crippen molar-refractivity contribution in [1.29, 1.82) is 0 Å². The first-order valence-corrected chi connectivity index (χ1v) is 12.9. The third-order valence-corrected chi connectivity index (χ3v) is 7.17. The second-order valence-electron chi connectivity index (χ2n) is 9.96. The van der Waals surface area contributed by atoms with Gasteiger partial charge < -0.3 is 19.6 Å². The Balaban J connectivity index is 1.66. The number of aliphatic hydroxyl groups excluding tert-OH is 1. The maximum Gasteiger partial charge on any atom is 0.254 e. The lowest BCUT2D eigenvalue weighted by Crippen LogP contribution is -2.47. The zero-order chi connectivity index (χ0) is 26.4. The number of amides is 2. The minimum atomic E-state index is -0.364. The number of carbonyl (C=O) groups is 2. The fourth-order valence-corrected chi connectivity index (χ4v) is 4.83. The fraction of sp³-hybridized carbons (Fsp3) is 0.355. The maximum atomic E-state index is 13.9. The number of rotatable bonds is 6. The summed E-state index contributed by atoms with van der Waals surface area (Å²) in [5.41, 5.74) is 4.36. The number of nitrogens with zero attached hydrogens (tertiary/aromatic N) is 2. The van der Waals surface area contributed by atoms with E-state index in [4.69, 9.17) is 4.74 Å². The molecular weight excluding hydrogens is 464 g/mol. The quantitative estimate of drug-likeness (QED) is 0.544. The van der Waals surface area contributed by atoms with E-state index >= 15 is 0 Å². The Morgan fingerprint density at radius 1 is 1.00 bits per heavy atom. The Hall–Kier alpha value is -3.48. The van der Waals surface area contributed by atoms with Crippen LogP contribution in [0, 0.1) is 5.92 Å². The van der Waals surface area contributed by atoms with Crippen LogP contribution in [0.5, 0.6) is 0 Å². The Labute approximate surface area is 219 Å². The first-order valence-electron chi connectivity index (χ1n) is 12.9. The average Bonchev–Trinajstić information content (AvgIpc) is 2.94. The summed E-state index contributed by atoms with van der Waals surface area (Å²) in [6.07, 6.45) is 0.0168. The molecule has 1 aliphatic rings. The smallest absolute Gasteiger partial charge is 0.254 e. The topological polar surface area (TPSA) is 70.1 Å². The fourth-order valence-electron chi connectivity index (χ4n) is 4.83. The molecule has 3 atom stereocenters. The first kappa shape index (κ1) is 26.6. The monoisotopic (exact) mass is 500 g/mol. The summed E-state index contributed by atoms with van der Waals surface area (Å²) >= 11 is 0. The van der Waals surface area contributed by atoms with Gasteiger partial charge in [0.2, 0.25) is 5.91 Å². The molecule has 0 saturated heterocycles. The Bertz CT molecular complexity index is 1210. The molecule has 1 aliphatic heterocycles. The Morgan fingerprint density at radius 3 is 2.32 bits per heavy atom. The largest absolute Gasteiger partial charge is 0.394 e. The molecule has 0 spiro atoms. The highest BCUT2D eigenvalue weighted by Gasteiger charge is 2.31. The van der Waals surface area contributed by atoms with Crippen molar-refractivity contribution in [2.75, 3.05) is 26.7 Å². The highest BCUT2D eigenvalue weighted by atomic mass is 16.5. The molecule has 0 bridgehead atoms. The molecule has 0 saturated carbocycles. The van der Waals surface area contributed by atoms with E-state index in [1.165, 1.54) is 0 Å². The third-order valence-electron chi connectivity index (χ3n) is 7.17. The maximum absolute atomic E-state index is 13.9. The molecule has 3 aromatic rings. The molecular formula is C31H36N2O4. The van der Waals surface area contributed by atoms with Crippen molar-refractivity contribution in [3.63, 3.8) is 0 Å². The zero-order valence-corrected chi connectivity index (χ0v) is 21.8. The number of hydrogen-bond donors (Lipinski definition) is 1. The van der Waals surface area contributed by atoms with Crippen LogP contribution < -0.4 is 0 Å². The number of carbonyl (C=O) groups excluding carboxylic acids is 2. The lowest BCUT2D eigenvalue weighted by molar-refractivity contribution is -0.132.